The molecule has 8 nitrogen and oxygen atoms in total. The van der Waals surface area contributed by atoms with Gasteiger partial charge in [0.2, 0.25) is 0 Å². The van der Waals surface area contributed by atoms with Crippen LogP contribution in [-0.2, 0) is 11.3 Å². The average Bonchev–Trinajstić information content (AvgIpc) is 3.18. The number of amides is 1. The molecule has 0 unspecified atom stereocenters. The van der Waals surface area contributed by atoms with Crippen LogP contribution in [0.25, 0.3) is 10.6 Å². The highest BCUT2D eigenvalue weighted by Crippen LogP contribution is 2.22. The van der Waals surface area contributed by atoms with E-state index in [0.29, 0.717) is 10.7 Å². The Bertz CT molecular complexity index is 1030. The number of aliphatic imine (C=N–C) groups is 1. The minimum absolute atomic E-state index is 0.00720. The van der Waals surface area contributed by atoms with Crippen LogP contribution in [0.4, 0.5) is 5.69 Å². The van der Waals surface area contributed by atoms with Crippen molar-refractivity contribution >= 4 is 34.9 Å². The number of pyridine rings is 1. The second kappa shape index (κ2) is 8.96. The van der Waals surface area contributed by atoms with E-state index in [0.717, 1.165) is 22.0 Å². The highest BCUT2D eigenvalue weighted by atomic mass is 32.1. The number of nitrogens with zero attached hydrogens (tertiary/aromatic N) is 5. The van der Waals surface area contributed by atoms with Crippen molar-refractivity contribution in [1.82, 2.24) is 20.5 Å². The van der Waals surface area contributed by atoms with Crippen LogP contribution in [0.1, 0.15) is 16.4 Å². The molecule has 0 aliphatic rings. The first-order chi connectivity index (χ1) is 13.6. The second-order valence-electron chi connectivity index (χ2n) is 5.88. The lowest BCUT2D eigenvalue weighted by atomic mass is 10.2. The van der Waals surface area contributed by atoms with Gasteiger partial charge in [0.25, 0.3) is 5.91 Å². The number of nitrogens with one attached hydrogen (secondary N) is 1. The van der Waals surface area contributed by atoms with Crippen LogP contribution in [0.15, 0.2) is 52.6 Å². The van der Waals surface area contributed by atoms with Crippen LogP contribution in [0.2, 0.25) is 0 Å². The molecule has 2 heterocycles. The fourth-order valence-electron chi connectivity index (χ4n) is 2.37. The summed E-state index contributed by atoms with van der Waals surface area (Å²) in [6, 6.07) is 13.4. The fraction of sp³-hybridized carbons (Fsp3) is 0.158. The zero-order valence-corrected chi connectivity index (χ0v) is 16.3. The monoisotopic (exact) mass is 393 g/mol. The number of carbonyl (C=O) groups is 1. The molecule has 3 N–H and O–H groups in total. The summed E-state index contributed by atoms with van der Waals surface area (Å²) in [7, 11) is 0. The zero-order chi connectivity index (χ0) is 19.9. The number of hydrogen-bond donors (Lipinski definition) is 2. The summed E-state index contributed by atoms with van der Waals surface area (Å²) < 4.78 is 0. The SMILES string of the molecule is Cc1ccc(N=C/C(=N\N)C(=O)NCc2nnc(-c3ccccc3)s2)c(C)n1. The van der Waals surface area contributed by atoms with Gasteiger partial charge < -0.3 is 11.2 Å². The van der Waals surface area contributed by atoms with E-state index in [2.05, 4.69) is 30.6 Å². The Morgan fingerprint density at radius 1 is 1.18 bits per heavy atom. The van der Waals surface area contributed by atoms with E-state index in [-0.39, 0.29) is 12.3 Å². The number of carbonyl (C=O) groups excluding carboxylic acids is 1. The molecule has 0 saturated carbocycles. The van der Waals surface area contributed by atoms with Crippen molar-refractivity contribution < 1.29 is 4.79 Å². The minimum atomic E-state index is -0.444. The molecule has 3 aromatic rings. The molecule has 2 aromatic heterocycles. The molecule has 0 atom stereocenters. The molecule has 28 heavy (non-hydrogen) atoms. The number of rotatable bonds is 6. The number of benzene rings is 1. The molecule has 0 aliphatic carbocycles. The normalized spacial score (nSPS) is 11.7. The van der Waals surface area contributed by atoms with E-state index >= 15 is 0 Å². The van der Waals surface area contributed by atoms with Gasteiger partial charge in [-0.05, 0) is 26.0 Å². The number of aromatic nitrogens is 3. The molecule has 0 radical (unpaired) electrons. The summed E-state index contributed by atoms with van der Waals surface area (Å²) in [6.45, 7) is 3.97. The van der Waals surface area contributed by atoms with Crippen LogP contribution in [0.3, 0.4) is 0 Å². The standard InChI is InChI=1S/C19H19N7OS/c1-12-8-9-15(13(2)23-12)21-10-16(24-20)18(27)22-11-17-25-26-19(28-17)14-6-4-3-5-7-14/h3-10H,11,20H2,1-2H3,(H,22,27)/b21-10?,24-16+. The highest BCUT2D eigenvalue weighted by Gasteiger charge is 2.12. The smallest absolute Gasteiger partial charge is 0.273 e. The zero-order valence-electron chi connectivity index (χ0n) is 15.5. The van der Waals surface area contributed by atoms with Gasteiger partial charge in [0.15, 0.2) is 5.71 Å². The Morgan fingerprint density at radius 2 is 1.96 bits per heavy atom. The topological polar surface area (TPSA) is 119 Å². The molecular weight excluding hydrogens is 374 g/mol. The van der Waals surface area contributed by atoms with Gasteiger partial charge in [-0.1, -0.05) is 41.7 Å². The van der Waals surface area contributed by atoms with E-state index in [1.54, 1.807) is 0 Å². The molecule has 1 aromatic carbocycles. The van der Waals surface area contributed by atoms with Crippen molar-refractivity contribution in [3.63, 3.8) is 0 Å². The number of hydrazone groups is 1. The van der Waals surface area contributed by atoms with Crippen LogP contribution in [0, 0.1) is 13.8 Å². The van der Waals surface area contributed by atoms with Gasteiger partial charge in [0, 0.05) is 11.3 Å². The molecular formula is C19H19N7OS. The molecule has 0 saturated heterocycles. The summed E-state index contributed by atoms with van der Waals surface area (Å²) in [5.41, 5.74) is 3.30. The van der Waals surface area contributed by atoms with Crippen molar-refractivity contribution in [3.8, 4) is 10.6 Å². The number of hydrogen-bond acceptors (Lipinski definition) is 8. The first kappa shape index (κ1) is 19.3. The summed E-state index contributed by atoms with van der Waals surface area (Å²) in [4.78, 5) is 20.9. The van der Waals surface area contributed by atoms with E-state index in [1.807, 2.05) is 56.3 Å². The first-order valence-electron chi connectivity index (χ1n) is 8.49. The predicted molar refractivity (Wildman–Crippen MR) is 111 cm³/mol. The molecule has 3 rings (SSSR count). The van der Waals surface area contributed by atoms with Gasteiger partial charge in [-0.3, -0.25) is 14.8 Å². The maximum Gasteiger partial charge on any atom is 0.273 e. The highest BCUT2D eigenvalue weighted by molar-refractivity contribution is 7.14. The van der Waals surface area contributed by atoms with Crippen molar-refractivity contribution in [3.05, 3.63) is 58.9 Å². The first-order valence-corrected chi connectivity index (χ1v) is 9.30. The Kier molecular flexibility index (Phi) is 6.18. The lowest BCUT2D eigenvalue weighted by Gasteiger charge is -2.03. The largest absolute Gasteiger partial charge is 0.344 e. The summed E-state index contributed by atoms with van der Waals surface area (Å²) in [5, 5.41) is 16.0. The molecule has 1 amide bonds. The maximum absolute atomic E-state index is 12.3. The van der Waals surface area contributed by atoms with Crippen LogP contribution in [-0.4, -0.2) is 33.0 Å². The average molecular weight is 393 g/mol. The van der Waals surface area contributed by atoms with E-state index in [9.17, 15) is 4.79 Å². The molecule has 0 aliphatic heterocycles. The van der Waals surface area contributed by atoms with Crippen LogP contribution in [0.5, 0.6) is 0 Å². The third kappa shape index (κ3) is 4.83. The molecule has 0 fully saturated rings. The van der Waals surface area contributed by atoms with Gasteiger partial charge >= 0.3 is 0 Å². The van der Waals surface area contributed by atoms with Crippen molar-refractivity contribution in [2.24, 2.45) is 15.9 Å². The lowest BCUT2D eigenvalue weighted by molar-refractivity contribution is -0.114. The summed E-state index contributed by atoms with van der Waals surface area (Å²) in [6.07, 6.45) is 1.32. The Morgan fingerprint density at radius 3 is 2.68 bits per heavy atom. The van der Waals surface area contributed by atoms with Crippen LogP contribution >= 0.6 is 11.3 Å². The number of nitrogens with two attached hydrogens (primary N) is 1. The number of aryl methyl sites for hydroxylation is 2. The molecule has 9 heteroatoms. The van der Waals surface area contributed by atoms with Crippen LogP contribution < -0.4 is 11.2 Å². The van der Waals surface area contributed by atoms with Crippen molar-refractivity contribution in [2.75, 3.05) is 0 Å². The quantitative estimate of drug-likeness (QED) is 0.379. The van der Waals surface area contributed by atoms with Gasteiger partial charge in [-0.15, -0.1) is 10.2 Å². The summed E-state index contributed by atoms with van der Waals surface area (Å²) in [5.74, 6) is 4.90. The van der Waals surface area contributed by atoms with E-state index in [1.165, 1.54) is 17.6 Å². The van der Waals surface area contributed by atoms with E-state index < -0.39 is 5.91 Å². The van der Waals surface area contributed by atoms with Crippen molar-refractivity contribution in [2.45, 2.75) is 20.4 Å². The van der Waals surface area contributed by atoms with Gasteiger partial charge in [-0.2, -0.15) is 5.10 Å². The minimum Gasteiger partial charge on any atom is -0.344 e. The third-order valence-electron chi connectivity index (χ3n) is 3.78. The molecule has 142 valence electrons. The lowest BCUT2D eigenvalue weighted by Crippen LogP contribution is -2.32. The Hall–Kier alpha value is -3.46. The fourth-order valence-corrected chi connectivity index (χ4v) is 3.15. The molecule has 0 spiro atoms. The second-order valence-corrected chi connectivity index (χ2v) is 6.94. The maximum atomic E-state index is 12.3. The van der Waals surface area contributed by atoms with Gasteiger partial charge in [0.1, 0.15) is 10.0 Å². The van der Waals surface area contributed by atoms with Crippen molar-refractivity contribution in [1.29, 1.82) is 0 Å². The van der Waals surface area contributed by atoms with E-state index in [4.69, 9.17) is 5.84 Å². The summed E-state index contributed by atoms with van der Waals surface area (Å²) >= 11 is 1.41. The van der Waals surface area contributed by atoms with Gasteiger partial charge in [-0.25, -0.2) is 0 Å². The Balaban J connectivity index is 1.62. The predicted octanol–water partition coefficient (Wildman–Crippen LogP) is 2.55. The third-order valence-corrected chi connectivity index (χ3v) is 4.75. The Labute approximate surface area is 166 Å². The molecule has 0 bridgehead atoms. The van der Waals surface area contributed by atoms with Gasteiger partial charge in [0.05, 0.1) is 24.1 Å².